The van der Waals surface area contributed by atoms with Crippen molar-refractivity contribution in [2.24, 2.45) is 0 Å². The highest BCUT2D eigenvalue weighted by Gasteiger charge is 2.40. The van der Waals surface area contributed by atoms with Crippen LogP contribution in [0.1, 0.15) is 37.7 Å². The largest absolute Gasteiger partial charge is 0.392 e. The number of ether oxygens (including phenoxy) is 2. The predicted molar refractivity (Wildman–Crippen MR) is 96.2 cm³/mol. The molecule has 1 spiro atoms. The van der Waals surface area contributed by atoms with E-state index < -0.39 is 0 Å². The van der Waals surface area contributed by atoms with Crippen LogP contribution in [0.4, 0.5) is 0 Å². The van der Waals surface area contributed by atoms with E-state index in [0.29, 0.717) is 12.1 Å². The Morgan fingerprint density at radius 1 is 1.12 bits per heavy atom. The number of likely N-dealkylation sites (tertiary alicyclic amines) is 1. The molecule has 2 heterocycles. The molecule has 0 amide bonds. The van der Waals surface area contributed by atoms with Gasteiger partial charge in [-0.05, 0) is 24.8 Å². The van der Waals surface area contributed by atoms with Crippen molar-refractivity contribution in [1.29, 1.82) is 0 Å². The third-order valence-corrected chi connectivity index (χ3v) is 5.94. The topological polar surface area (TPSA) is 54.0 Å². The van der Waals surface area contributed by atoms with Crippen LogP contribution in [0.15, 0.2) is 30.3 Å². The van der Waals surface area contributed by atoms with Gasteiger partial charge in [-0.15, -0.1) is 0 Å². The summed E-state index contributed by atoms with van der Waals surface area (Å²) in [6.07, 6.45) is 4.85. The highest BCUT2D eigenvalue weighted by Crippen LogP contribution is 2.35. The van der Waals surface area contributed by atoms with E-state index in [1.807, 2.05) is 0 Å². The van der Waals surface area contributed by atoms with Crippen molar-refractivity contribution in [3.8, 4) is 0 Å². The van der Waals surface area contributed by atoms with Crippen LogP contribution in [0, 0.1) is 0 Å². The van der Waals surface area contributed by atoms with Crippen LogP contribution in [0.5, 0.6) is 0 Å². The van der Waals surface area contributed by atoms with Crippen molar-refractivity contribution in [3.05, 3.63) is 35.9 Å². The van der Waals surface area contributed by atoms with Gasteiger partial charge in [0.25, 0.3) is 0 Å². The molecular weight excluding hydrogens is 316 g/mol. The van der Waals surface area contributed by atoms with E-state index in [-0.39, 0.29) is 11.9 Å². The molecular formula is C20H30N2O3. The minimum atomic E-state index is -0.277. The lowest BCUT2D eigenvalue weighted by Crippen LogP contribution is -2.46. The number of hydrogen-bond acceptors (Lipinski definition) is 5. The number of nitrogens with one attached hydrogen (secondary N) is 1. The van der Waals surface area contributed by atoms with Crippen LogP contribution in [0.2, 0.25) is 0 Å². The molecule has 0 radical (unpaired) electrons. The van der Waals surface area contributed by atoms with E-state index >= 15 is 0 Å². The first-order valence-corrected chi connectivity index (χ1v) is 9.70. The summed E-state index contributed by atoms with van der Waals surface area (Å²) in [6.45, 7) is 4.12. The molecule has 3 fully saturated rings. The lowest BCUT2D eigenvalue weighted by atomic mass is 9.90. The molecule has 2 aliphatic heterocycles. The van der Waals surface area contributed by atoms with Crippen molar-refractivity contribution in [1.82, 2.24) is 10.2 Å². The third-order valence-electron chi connectivity index (χ3n) is 5.94. The van der Waals surface area contributed by atoms with Gasteiger partial charge < -0.3 is 19.9 Å². The van der Waals surface area contributed by atoms with E-state index in [1.165, 1.54) is 5.56 Å². The van der Waals surface area contributed by atoms with Crippen LogP contribution in [-0.4, -0.2) is 60.3 Å². The number of aliphatic hydroxyl groups excluding tert-OH is 1. The van der Waals surface area contributed by atoms with Crippen LogP contribution >= 0.6 is 0 Å². The first-order valence-electron chi connectivity index (χ1n) is 9.70. The molecule has 0 aromatic heterocycles. The summed E-state index contributed by atoms with van der Waals surface area (Å²) < 4.78 is 11.6. The lowest BCUT2D eigenvalue weighted by Gasteiger charge is -2.36. The predicted octanol–water partition coefficient (Wildman–Crippen LogP) is 1.90. The molecule has 1 aromatic rings. The van der Waals surface area contributed by atoms with Gasteiger partial charge in [0, 0.05) is 44.6 Å². The molecule has 1 aromatic carbocycles. The molecule has 138 valence electrons. The summed E-state index contributed by atoms with van der Waals surface area (Å²) >= 11 is 0. The molecule has 0 bridgehead atoms. The molecule has 5 heteroatoms. The maximum absolute atomic E-state index is 10.1. The Kier molecular flexibility index (Phi) is 5.39. The Morgan fingerprint density at radius 3 is 2.56 bits per heavy atom. The summed E-state index contributed by atoms with van der Waals surface area (Å²) in [5, 5.41) is 13.9. The first-order chi connectivity index (χ1) is 12.2. The van der Waals surface area contributed by atoms with Gasteiger partial charge >= 0.3 is 0 Å². The van der Waals surface area contributed by atoms with Gasteiger partial charge in [-0.25, -0.2) is 0 Å². The summed E-state index contributed by atoms with van der Waals surface area (Å²) in [4.78, 5) is 2.42. The number of aliphatic hydroxyl groups is 1. The molecule has 5 nitrogen and oxygen atoms in total. The number of nitrogens with zero attached hydrogens (tertiary/aromatic N) is 1. The third kappa shape index (κ3) is 4.23. The van der Waals surface area contributed by atoms with Gasteiger partial charge in [0.05, 0.1) is 19.3 Å². The average Bonchev–Trinajstić information content (AvgIpc) is 3.22. The molecule has 2 atom stereocenters. The second kappa shape index (κ2) is 7.72. The van der Waals surface area contributed by atoms with Gasteiger partial charge in [0.2, 0.25) is 0 Å². The summed E-state index contributed by atoms with van der Waals surface area (Å²) in [6, 6.07) is 11.5. The fraction of sp³-hybridized carbons (Fsp3) is 0.700. The zero-order chi connectivity index (χ0) is 17.1. The maximum Gasteiger partial charge on any atom is 0.168 e. The van der Waals surface area contributed by atoms with Crippen molar-refractivity contribution >= 4 is 0 Å². The van der Waals surface area contributed by atoms with Gasteiger partial charge in [-0.1, -0.05) is 30.3 Å². The number of rotatable bonds is 5. The number of benzene rings is 1. The van der Waals surface area contributed by atoms with E-state index in [2.05, 4.69) is 40.5 Å². The molecule has 0 unspecified atom stereocenters. The zero-order valence-corrected chi connectivity index (χ0v) is 14.9. The molecule has 2 saturated heterocycles. The zero-order valence-electron chi connectivity index (χ0n) is 14.9. The van der Waals surface area contributed by atoms with Gasteiger partial charge in [0.1, 0.15) is 0 Å². The highest BCUT2D eigenvalue weighted by atomic mass is 16.7. The van der Waals surface area contributed by atoms with Crippen LogP contribution in [0.3, 0.4) is 0 Å². The molecule has 3 aliphatic rings. The fourth-order valence-corrected chi connectivity index (χ4v) is 4.53. The van der Waals surface area contributed by atoms with Crippen molar-refractivity contribution in [2.75, 3.05) is 26.3 Å². The fourth-order valence-electron chi connectivity index (χ4n) is 4.53. The van der Waals surface area contributed by atoms with Crippen LogP contribution in [0.25, 0.3) is 0 Å². The molecule has 1 saturated carbocycles. The van der Waals surface area contributed by atoms with Crippen molar-refractivity contribution in [3.63, 3.8) is 0 Å². The van der Waals surface area contributed by atoms with Gasteiger partial charge in [-0.3, -0.25) is 4.90 Å². The maximum atomic E-state index is 10.1. The Morgan fingerprint density at radius 2 is 1.84 bits per heavy atom. The van der Waals surface area contributed by atoms with E-state index in [4.69, 9.17) is 9.47 Å². The van der Waals surface area contributed by atoms with Crippen molar-refractivity contribution < 1.29 is 14.6 Å². The Balaban J connectivity index is 1.26. The van der Waals surface area contributed by atoms with Crippen molar-refractivity contribution in [2.45, 2.75) is 62.6 Å². The monoisotopic (exact) mass is 346 g/mol. The van der Waals surface area contributed by atoms with Crippen LogP contribution < -0.4 is 5.32 Å². The second-order valence-electron chi connectivity index (χ2n) is 7.75. The lowest BCUT2D eigenvalue weighted by molar-refractivity contribution is -0.179. The normalized spacial score (nSPS) is 30.3. The van der Waals surface area contributed by atoms with Gasteiger partial charge in [-0.2, -0.15) is 0 Å². The average molecular weight is 346 g/mol. The summed E-state index contributed by atoms with van der Waals surface area (Å²) in [5.74, 6) is -0.277. The molecule has 4 rings (SSSR count). The SMILES string of the molecule is O[C@H]1C[C@@H](CNC2CCC3(CC2)OCCO3)N(Cc2ccccc2)C1. The smallest absolute Gasteiger partial charge is 0.168 e. The summed E-state index contributed by atoms with van der Waals surface area (Å²) in [7, 11) is 0. The van der Waals surface area contributed by atoms with Gasteiger partial charge in [0.15, 0.2) is 5.79 Å². The quantitative estimate of drug-likeness (QED) is 0.853. The highest BCUT2D eigenvalue weighted by molar-refractivity contribution is 5.15. The standard InChI is InChI=1S/C20H30N2O3/c23-19-12-18(22(15-19)14-16-4-2-1-3-5-16)13-21-17-6-8-20(9-7-17)24-10-11-25-20/h1-5,17-19,21,23H,6-15H2/t18-,19-/m0/s1. The van der Waals surface area contributed by atoms with E-state index in [1.54, 1.807) is 0 Å². The molecule has 2 N–H and O–H groups in total. The van der Waals surface area contributed by atoms with Crippen LogP contribution in [-0.2, 0) is 16.0 Å². The number of β-amino-alcohol motifs (C(OH)–C–C–N with tert-alkyl or cyclic N) is 1. The minimum Gasteiger partial charge on any atom is -0.392 e. The second-order valence-corrected chi connectivity index (χ2v) is 7.75. The molecule has 1 aliphatic carbocycles. The van der Waals surface area contributed by atoms with E-state index in [9.17, 15) is 5.11 Å². The Labute approximate surface area is 150 Å². The summed E-state index contributed by atoms with van der Waals surface area (Å²) in [5.41, 5.74) is 1.32. The van der Waals surface area contributed by atoms with E-state index in [0.717, 1.165) is 65.0 Å². The first kappa shape index (κ1) is 17.4. The Bertz CT molecular complexity index is 537. The Hall–Kier alpha value is -0.980. The minimum absolute atomic E-state index is 0.203. The molecule has 25 heavy (non-hydrogen) atoms. The number of hydrogen-bond donors (Lipinski definition) is 2.